The molecule has 2 aliphatic carbocycles. The molecule has 0 unspecified atom stereocenters. The third-order valence-electron chi connectivity index (χ3n) is 10.9. The van der Waals surface area contributed by atoms with Crippen molar-refractivity contribution >= 4 is 34.7 Å². The van der Waals surface area contributed by atoms with Crippen molar-refractivity contribution in [2.45, 2.75) is 83.6 Å². The standard InChI is InChI=1S/C28H38NO2.C15H10.C5H5N.2ClH.Ru/c1-18(2)21-10-9-11-22(19(3)4)26(21)29-17-28(16-27(29,5)6)13-12-20-14-24(30-7)25(31-8)15-23(20)28;1-2-6-12(7-3-1)15-11-10-13-8-4-5-9-14(13)15;1-2-4-6-5-3-1;;;/h9-11,14-15,17-19H,12-13,16H2,1-8H3;1-9,11H;1-5H;2*1H;/q-1;;;;;+2/p-2/t28-;;;;;/m0...../s1. The Morgan fingerprint density at radius 2 is 1.33 bits per heavy atom. The van der Waals surface area contributed by atoms with Gasteiger partial charge in [-0.15, -0.1) is 5.41 Å². The van der Waals surface area contributed by atoms with Crippen LogP contribution in [0.25, 0.3) is 5.57 Å². The molecule has 1 saturated heterocycles. The van der Waals surface area contributed by atoms with E-state index < -0.39 is 13.5 Å². The molecule has 0 N–H and O–H groups in total. The Labute approximate surface area is 342 Å². The molecule has 290 valence electrons. The molecule has 3 aliphatic rings. The number of benzene rings is 4. The Morgan fingerprint density at radius 1 is 0.745 bits per heavy atom. The zero-order valence-electron chi connectivity index (χ0n) is 33.2. The van der Waals surface area contributed by atoms with Crippen LogP contribution in [0, 0.1) is 6.54 Å². The second-order valence-electron chi connectivity index (χ2n) is 15.6. The summed E-state index contributed by atoms with van der Waals surface area (Å²) in [5.41, 5.74) is 12.0. The first kappa shape index (κ1) is 40.9. The molecular formula is C48H53Cl2N2O2Ru-. The van der Waals surface area contributed by atoms with Gasteiger partial charge in [0.1, 0.15) is 0 Å². The smallest absolute Gasteiger partial charge is 0.0267 e. The van der Waals surface area contributed by atoms with Gasteiger partial charge in [0.2, 0.25) is 0 Å². The van der Waals surface area contributed by atoms with Crippen LogP contribution in [-0.2, 0) is 25.4 Å². The number of anilines is 1. The van der Waals surface area contributed by atoms with Crippen molar-refractivity contribution in [2.24, 2.45) is 0 Å². The van der Waals surface area contributed by atoms with Crippen molar-refractivity contribution in [1.82, 2.24) is 4.98 Å². The summed E-state index contributed by atoms with van der Waals surface area (Å²) in [6.45, 7) is 16.6. The average molecular weight is 862 g/mol. The van der Waals surface area contributed by atoms with Crippen LogP contribution in [0.1, 0.15) is 105 Å². The first-order chi connectivity index (χ1) is 26.4. The van der Waals surface area contributed by atoms with Crippen LogP contribution in [0.4, 0.5) is 5.69 Å². The summed E-state index contributed by atoms with van der Waals surface area (Å²) in [7, 11) is 15.8. The molecule has 55 heavy (non-hydrogen) atoms. The molecule has 8 rings (SSSR count). The molecule has 0 radical (unpaired) electrons. The number of rotatable bonds is 6. The number of allylic oxidation sites excluding steroid dienone is 1. The number of pyridine rings is 1. The van der Waals surface area contributed by atoms with E-state index in [-0.39, 0.29) is 11.0 Å². The Bertz CT molecular complexity index is 2110. The first-order valence-corrected chi connectivity index (χ1v) is 24.4. The number of aryl methyl sites for hydroxylation is 1. The fourth-order valence-electron chi connectivity index (χ4n) is 8.36. The molecule has 4 aromatic carbocycles. The van der Waals surface area contributed by atoms with Crippen molar-refractivity contribution in [1.29, 1.82) is 0 Å². The molecule has 2 heterocycles. The van der Waals surface area contributed by atoms with Gasteiger partial charge in [-0.1, -0.05) is 63.9 Å². The monoisotopic (exact) mass is 861 g/mol. The zero-order valence-corrected chi connectivity index (χ0v) is 36.5. The number of hydrogen-bond acceptors (Lipinski definition) is 4. The van der Waals surface area contributed by atoms with Gasteiger partial charge in [-0.2, -0.15) is 0 Å². The van der Waals surface area contributed by atoms with E-state index in [2.05, 4.69) is 125 Å². The van der Waals surface area contributed by atoms with E-state index in [9.17, 15) is 0 Å². The zero-order chi connectivity index (χ0) is 39.3. The van der Waals surface area contributed by atoms with E-state index in [4.69, 9.17) is 28.9 Å². The molecule has 7 heteroatoms. The first-order valence-electron chi connectivity index (χ1n) is 19.0. The summed E-state index contributed by atoms with van der Waals surface area (Å²) in [5, 5.41) is 0. The number of halogens is 2. The Balaban J connectivity index is 0.000000178. The number of aromatic nitrogens is 1. The number of hydrogen-bond donors (Lipinski definition) is 0. The summed E-state index contributed by atoms with van der Waals surface area (Å²) in [6, 6.07) is 35.7. The number of ether oxygens (including phenoxy) is 2. The second kappa shape index (κ2) is 17.6. The predicted molar refractivity (Wildman–Crippen MR) is 230 cm³/mol. The van der Waals surface area contributed by atoms with Crippen LogP contribution in [0.5, 0.6) is 11.5 Å². The SMILES string of the molecule is COc1cc2c(cc1OC)[C@@]1([CH-]N(c3c(C(C)C)cccc3C(C)C)C(C)(C)C1)CC2.[Cl][Ru]([Cl])=[C]1C=C(c2ccccc2)c2ccccc21.c1ccncc1. The normalized spacial score (nSPS) is 17.9. The Kier molecular flexibility index (Phi) is 13.1. The Hall–Kier alpha value is -3.76. The third kappa shape index (κ3) is 8.65. The van der Waals surface area contributed by atoms with Crippen molar-refractivity contribution in [3.63, 3.8) is 0 Å². The van der Waals surface area contributed by atoms with Gasteiger partial charge in [-0.25, -0.2) is 6.54 Å². The molecule has 0 bridgehead atoms. The molecular weight excluding hydrogens is 809 g/mol. The molecule has 0 amide bonds. The van der Waals surface area contributed by atoms with E-state index in [0.29, 0.717) is 11.8 Å². The van der Waals surface area contributed by atoms with Crippen molar-refractivity contribution in [2.75, 3.05) is 19.1 Å². The van der Waals surface area contributed by atoms with Crippen LogP contribution < -0.4 is 14.4 Å². The van der Waals surface area contributed by atoms with Gasteiger partial charge in [-0.05, 0) is 79.5 Å². The van der Waals surface area contributed by atoms with E-state index in [1.165, 1.54) is 50.2 Å². The second-order valence-corrected chi connectivity index (χ2v) is 21.4. The molecule has 1 spiro atoms. The molecule has 1 atom stereocenters. The van der Waals surface area contributed by atoms with Gasteiger partial charge in [0.05, 0.1) is 14.2 Å². The molecule has 0 saturated carbocycles. The number of methoxy groups -OCH3 is 2. The molecule has 1 fully saturated rings. The maximum atomic E-state index is 6.19. The molecule has 4 nitrogen and oxygen atoms in total. The minimum atomic E-state index is -1.88. The quantitative estimate of drug-likeness (QED) is 0.126. The van der Waals surface area contributed by atoms with E-state index in [0.717, 1.165) is 34.9 Å². The number of para-hydroxylation sites is 1. The molecule has 1 aromatic heterocycles. The Morgan fingerprint density at radius 3 is 1.87 bits per heavy atom. The number of fused-ring (bicyclic) bond motifs is 3. The largest absolute Gasteiger partial charge is 0.265 e. The fourth-order valence-corrected chi connectivity index (χ4v) is 10.8. The topological polar surface area (TPSA) is 34.6 Å². The van der Waals surface area contributed by atoms with E-state index in [1.807, 2.05) is 42.5 Å². The minimum Gasteiger partial charge on any atom is -0.265 e. The van der Waals surface area contributed by atoms with Crippen molar-refractivity contribution < 1.29 is 23.0 Å². The fraction of sp³-hybridized carbons (Fsp3) is 0.312. The third-order valence-corrected chi connectivity index (χ3v) is 14.0. The maximum Gasteiger partial charge on any atom is 0.0267 e. The van der Waals surface area contributed by atoms with Gasteiger partial charge in [0, 0.05) is 23.6 Å². The number of nitrogens with zero attached hydrogens (tertiary/aromatic N) is 2. The van der Waals surface area contributed by atoms with Crippen molar-refractivity contribution in [3.8, 4) is 11.5 Å². The van der Waals surface area contributed by atoms with Gasteiger partial charge in [0.15, 0.2) is 11.5 Å². The maximum absolute atomic E-state index is 6.19. The van der Waals surface area contributed by atoms with Crippen LogP contribution in [0.2, 0.25) is 0 Å². The predicted octanol–water partition coefficient (Wildman–Crippen LogP) is 12.6. The summed E-state index contributed by atoms with van der Waals surface area (Å²) in [5.74, 6) is 2.63. The summed E-state index contributed by atoms with van der Waals surface area (Å²) >= 11 is -1.88. The van der Waals surface area contributed by atoms with Gasteiger partial charge in [0.25, 0.3) is 0 Å². The minimum absolute atomic E-state index is 0.0312. The van der Waals surface area contributed by atoms with Crippen LogP contribution >= 0.6 is 19.4 Å². The summed E-state index contributed by atoms with van der Waals surface area (Å²) < 4.78 is 12.4. The van der Waals surface area contributed by atoms with Crippen LogP contribution in [0.15, 0.2) is 122 Å². The summed E-state index contributed by atoms with van der Waals surface area (Å²) in [4.78, 5) is 6.40. The van der Waals surface area contributed by atoms with Crippen LogP contribution in [-0.4, -0.2) is 28.8 Å². The van der Waals surface area contributed by atoms with Crippen LogP contribution in [0.3, 0.4) is 0 Å². The van der Waals surface area contributed by atoms with Crippen molar-refractivity contribution in [3.05, 3.63) is 167 Å². The molecule has 5 aromatic rings. The van der Waals surface area contributed by atoms with Gasteiger partial charge < -0.3 is 14.4 Å². The van der Waals surface area contributed by atoms with E-state index in [1.54, 1.807) is 26.6 Å². The van der Waals surface area contributed by atoms with E-state index >= 15 is 0 Å². The van der Waals surface area contributed by atoms with Gasteiger partial charge in [-0.3, -0.25) is 4.98 Å². The summed E-state index contributed by atoms with van der Waals surface area (Å²) in [6.07, 6.45) is 8.98. The average Bonchev–Trinajstić information content (AvgIpc) is 3.84. The molecule has 1 aliphatic heterocycles. The van der Waals surface area contributed by atoms with Gasteiger partial charge >= 0.3 is 120 Å².